The van der Waals surface area contributed by atoms with E-state index >= 15 is 0 Å². The second-order valence-corrected chi connectivity index (χ2v) is 5.90. The molecule has 0 saturated carbocycles. The molecule has 2 saturated heterocycles. The van der Waals surface area contributed by atoms with Crippen LogP contribution in [-0.4, -0.2) is 61.2 Å². The van der Waals surface area contributed by atoms with Crippen molar-refractivity contribution in [3.63, 3.8) is 0 Å². The van der Waals surface area contributed by atoms with Gasteiger partial charge in [0.1, 0.15) is 0 Å². The lowest BCUT2D eigenvalue weighted by Gasteiger charge is -2.37. The Bertz CT molecular complexity index is 232. The molecular weight excluding hydrogens is 210 g/mol. The third kappa shape index (κ3) is 3.43. The van der Waals surface area contributed by atoms with Crippen molar-refractivity contribution in [1.82, 2.24) is 15.1 Å². The van der Waals surface area contributed by atoms with Crippen molar-refractivity contribution < 1.29 is 0 Å². The molecule has 0 amide bonds. The van der Waals surface area contributed by atoms with E-state index in [1.54, 1.807) is 0 Å². The van der Waals surface area contributed by atoms with Crippen molar-refractivity contribution in [2.45, 2.75) is 57.7 Å². The molecule has 0 spiro atoms. The van der Waals surface area contributed by atoms with Crippen LogP contribution in [0, 0.1) is 0 Å². The maximum absolute atomic E-state index is 3.54. The summed E-state index contributed by atoms with van der Waals surface area (Å²) in [6.07, 6.45) is 5.43. The summed E-state index contributed by atoms with van der Waals surface area (Å²) in [7, 11) is 2.33. The van der Waals surface area contributed by atoms with Gasteiger partial charge in [-0.1, -0.05) is 6.92 Å². The van der Waals surface area contributed by atoms with Gasteiger partial charge < -0.3 is 10.2 Å². The smallest absolute Gasteiger partial charge is 0.0223 e. The van der Waals surface area contributed by atoms with Crippen molar-refractivity contribution in [2.75, 3.05) is 33.2 Å². The largest absolute Gasteiger partial charge is 0.314 e. The third-order valence-corrected chi connectivity index (χ3v) is 4.62. The average molecular weight is 239 g/mol. The number of hydrogen-bond acceptors (Lipinski definition) is 3. The summed E-state index contributed by atoms with van der Waals surface area (Å²) in [5.74, 6) is 0. The van der Waals surface area contributed by atoms with Crippen molar-refractivity contribution >= 4 is 0 Å². The SMILES string of the molecule is CCN1CCCC1CN(C)C1CCNC(C)C1. The zero-order valence-corrected chi connectivity index (χ0v) is 11.8. The lowest BCUT2D eigenvalue weighted by molar-refractivity contribution is 0.133. The molecular formula is C14H29N3. The van der Waals surface area contributed by atoms with E-state index in [0.29, 0.717) is 6.04 Å². The molecule has 1 N–H and O–H groups in total. The Hall–Kier alpha value is -0.120. The molecule has 0 aromatic carbocycles. The number of piperidine rings is 1. The molecule has 17 heavy (non-hydrogen) atoms. The summed E-state index contributed by atoms with van der Waals surface area (Å²) in [5.41, 5.74) is 0. The molecule has 0 aromatic heterocycles. The van der Waals surface area contributed by atoms with Gasteiger partial charge in [0.2, 0.25) is 0 Å². The predicted molar refractivity (Wildman–Crippen MR) is 73.4 cm³/mol. The lowest BCUT2D eigenvalue weighted by Crippen LogP contribution is -2.49. The number of rotatable bonds is 4. The van der Waals surface area contributed by atoms with Crippen molar-refractivity contribution in [1.29, 1.82) is 0 Å². The van der Waals surface area contributed by atoms with Crippen molar-refractivity contribution in [2.24, 2.45) is 0 Å². The quantitative estimate of drug-likeness (QED) is 0.803. The second kappa shape index (κ2) is 6.17. The Kier molecular flexibility index (Phi) is 4.83. The molecule has 2 aliphatic heterocycles. The Morgan fingerprint density at radius 3 is 2.88 bits per heavy atom. The van der Waals surface area contributed by atoms with E-state index in [0.717, 1.165) is 12.1 Å². The fraction of sp³-hybridized carbons (Fsp3) is 1.00. The van der Waals surface area contributed by atoms with E-state index < -0.39 is 0 Å². The predicted octanol–water partition coefficient (Wildman–Crippen LogP) is 1.54. The van der Waals surface area contributed by atoms with Crippen LogP contribution in [0.5, 0.6) is 0 Å². The number of nitrogens with one attached hydrogen (secondary N) is 1. The van der Waals surface area contributed by atoms with Crippen molar-refractivity contribution in [3.05, 3.63) is 0 Å². The van der Waals surface area contributed by atoms with Gasteiger partial charge in [-0.25, -0.2) is 0 Å². The highest BCUT2D eigenvalue weighted by Gasteiger charge is 2.28. The molecule has 100 valence electrons. The first-order valence-corrected chi connectivity index (χ1v) is 7.38. The lowest BCUT2D eigenvalue weighted by atomic mass is 9.99. The van der Waals surface area contributed by atoms with Crippen LogP contribution in [0.4, 0.5) is 0 Å². The number of hydrogen-bond donors (Lipinski definition) is 1. The van der Waals surface area contributed by atoms with Gasteiger partial charge in [-0.05, 0) is 59.3 Å². The summed E-state index contributed by atoms with van der Waals surface area (Å²) in [4.78, 5) is 5.27. The fourth-order valence-corrected chi connectivity index (χ4v) is 3.51. The minimum absolute atomic E-state index is 0.696. The molecule has 3 heteroatoms. The number of likely N-dealkylation sites (tertiary alicyclic amines) is 1. The molecule has 2 rings (SSSR count). The maximum atomic E-state index is 3.54. The fourth-order valence-electron chi connectivity index (χ4n) is 3.51. The van der Waals surface area contributed by atoms with Gasteiger partial charge in [-0.2, -0.15) is 0 Å². The molecule has 3 nitrogen and oxygen atoms in total. The summed E-state index contributed by atoms with van der Waals surface area (Å²) >= 11 is 0. The van der Waals surface area contributed by atoms with Crippen LogP contribution in [0.15, 0.2) is 0 Å². The minimum atomic E-state index is 0.696. The van der Waals surface area contributed by atoms with E-state index in [1.165, 1.54) is 51.9 Å². The minimum Gasteiger partial charge on any atom is -0.314 e. The highest BCUT2D eigenvalue weighted by Crippen LogP contribution is 2.20. The van der Waals surface area contributed by atoms with Crippen LogP contribution in [0.1, 0.15) is 39.5 Å². The van der Waals surface area contributed by atoms with Gasteiger partial charge in [0.15, 0.2) is 0 Å². The first kappa shape index (κ1) is 13.3. The van der Waals surface area contributed by atoms with Crippen LogP contribution >= 0.6 is 0 Å². The van der Waals surface area contributed by atoms with Crippen molar-refractivity contribution in [3.8, 4) is 0 Å². The second-order valence-electron chi connectivity index (χ2n) is 5.90. The highest BCUT2D eigenvalue weighted by atomic mass is 15.2. The summed E-state index contributed by atoms with van der Waals surface area (Å²) < 4.78 is 0. The summed E-state index contributed by atoms with van der Waals surface area (Å²) in [5, 5.41) is 3.54. The Labute approximate surface area is 107 Å². The monoisotopic (exact) mass is 239 g/mol. The van der Waals surface area contributed by atoms with Crippen LogP contribution in [0.3, 0.4) is 0 Å². The molecule has 3 unspecified atom stereocenters. The molecule has 0 radical (unpaired) electrons. The average Bonchev–Trinajstić information content (AvgIpc) is 2.76. The Morgan fingerprint density at radius 2 is 2.18 bits per heavy atom. The van der Waals surface area contributed by atoms with E-state index in [1.807, 2.05) is 0 Å². The first-order valence-electron chi connectivity index (χ1n) is 7.38. The van der Waals surface area contributed by atoms with Gasteiger partial charge in [-0.15, -0.1) is 0 Å². The van der Waals surface area contributed by atoms with Gasteiger partial charge >= 0.3 is 0 Å². The van der Waals surface area contributed by atoms with Crippen LogP contribution in [0.25, 0.3) is 0 Å². The van der Waals surface area contributed by atoms with Gasteiger partial charge in [0, 0.05) is 24.7 Å². The zero-order valence-electron chi connectivity index (χ0n) is 11.8. The summed E-state index contributed by atoms with van der Waals surface area (Å²) in [6.45, 7) is 9.61. The van der Waals surface area contributed by atoms with E-state index in [9.17, 15) is 0 Å². The van der Waals surface area contributed by atoms with Gasteiger partial charge in [-0.3, -0.25) is 4.90 Å². The third-order valence-electron chi connectivity index (χ3n) is 4.62. The Balaban J connectivity index is 1.81. The van der Waals surface area contributed by atoms with Crippen LogP contribution < -0.4 is 5.32 Å². The standard InChI is InChI=1S/C14H29N3/c1-4-17-9-5-6-14(17)11-16(3)13-7-8-15-12(2)10-13/h12-15H,4-11H2,1-3H3. The molecule has 2 heterocycles. The van der Waals surface area contributed by atoms with E-state index in [2.05, 4.69) is 36.0 Å². The molecule has 0 bridgehead atoms. The zero-order chi connectivity index (χ0) is 12.3. The summed E-state index contributed by atoms with van der Waals surface area (Å²) in [6, 6.07) is 2.31. The highest BCUT2D eigenvalue weighted by molar-refractivity contribution is 4.86. The van der Waals surface area contributed by atoms with Gasteiger partial charge in [0.25, 0.3) is 0 Å². The molecule has 3 atom stereocenters. The first-order chi connectivity index (χ1) is 8.20. The molecule has 0 aromatic rings. The van der Waals surface area contributed by atoms with E-state index in [4.69, 9.17) is 0 Å². The van der Waals surface area contributed by atoms with Gasteiger partial charge in [0.05, 0.1) is 0 Å². The normalized spacial score (nSPS) is 35.6. The Morgan fingerprint density at radius 1 is 1.35 bits per heavy atom. The topological polar surface area (TPSA) is 18.5 Å². The maximum Gasteiger partial charge on any atom is 0.0223 e. The molecule has 0 aliphatic carbocycles. The van der Waals surface area contributed by atoms with E-state index in [-0.39, 0.29) is 0 Å². The molecule has 2 fully saturated rings. The van der Waals surface area contributed by atoms with Crippen LogP contribution in [-0.2, 0) is 0 Å². The number of nitrogens with zero attached hydrogens (tertiary/aromatic N) is 2. The van der Waals surface area contributed by atoms with Crippen LogP contribution in [0.2, 0.25) is 0 Å². The number of likely N-dealkylation sites (N-methyl/N-ethyl adjacent to an activating group) is 2. The molecule has 2 aliphatic rings.